The number of ether oxygens (including phenoxy) is 2. The molecule has 0 aliphatic heterocycles. The molecule has 2 saturated carbocycles. The van der Waals surface area contributed by atoms with Gasteiger partial charge in [-0.05, 0) is 79.1 Å². The van der Waals surface area contributed by atoms with Crippen LogP contribution in [0.3, 0.4) is 0 Å². The van der Waals surface area contributed by atoms with Crippen molar-refractivity contribution in [2.45, 2.75) is 57.4 Å². The average Bonchev–Trinajstić information content (AvgIpc) is 3.75. The summed E-state index contributed by atoms with van der Waals surface area (Å²) in [6, 6.07) is 13.4. The summed E-state index contributed by atoms with van der Waals surface area (Å²) in [4.78, 5) is 27.7. The number of carboxylic acid groups (broad SMARTS) is 1. The van der Waals surface area contributed by atoms with Crippen molar-refractivity contribution < 1.29 is 32.6 Å². The number of carboxylic acids is 1. The molecule has 244 valence electrons. The number of nitrogens with two attached hydrogens (primary N) is 1. The minimum Gasteiger partial charge on any atom is -0.497 e. The summed E-state index contributed by atoms with van der Waals surface area (Å²) >= 11 is 0. The second-order valence-electron chi connectivity index (χ2n) is 12.4. The Balaban J connectivity index is 1.47. The molecule has 5 rings (SSSR count). The number of likely N-dealkylation sites (N-methyl/N-ethyl adjacent to an activating group) is 2. The first-order chi connectivity index (χ1) is 21.4. The van der Waals surface area contributed by atoms with Crippen molar-refractivity contribution in [2.24, 2.45) is 10.6 Å². The second-order valence-corrected chi connectivity index (χ2v) is 14.1. The van der Waals surface area contributed by atoms with Gasteiger partial charge in [0.2, 0.25) is 5.91 Å². The van der Waals surface area contributed by atoms with Crippen LogP contribution in [-0.4, -0.2) is 86.7 Å². The van der Waals surface area contributed by atoms with Crippen LogP contribution >= 0.6 is 0 Å². The number of carbonyl (C=O) groups is 2. The van der Waals surface area contributed by atoms with Gasteiger partial charge in [-0.15, -0.1) is 0 Å². The first-order valence-electron chi connectivity index (χ1n) is 15.6. The van der Waals surface area contributed by atoms with Crippen LogP contribution in [-0.2, 0) is 26.3 Å². The highest BCUT2D eigenvalue weighted by Crippen LogP contribution is 2.52. The molecule has 0 radical (unpaired) electrons. The number of fused-ring (bicyclic) bond motifs is 1. The van der Waals surface area contributed by atoms with E-state index in [-0.39, 0.29) is 31.2 Å². The van der Waals surface area contributed by atoms with Crippen molar-refractivity contribution in [1.29, 1.82) is 0 Å². The van der Waals surface area contributed by atoms with Gasteiger partial charge in [0.1, 0.15) is 5.75 Å². The van der Waals surface area contributed by atoms with Crippen LogP contribution < -0.4 is 9.88 Å². The zero-order chi connectivity index (χ0) is 32.4. The van der Waals surface area contributed by atoms with Crippen LogP contribution in [0.5, 0.6) is 5.75 Å². The lowest BCUT2D eigenvalue weighted by atomic mass is 9.81. The first kappa shape index (κ1) is 32.9. The predicted octanol–water partition coefficient (Wildman–Crippen LogP) is 4.45. The minimum atomic E-state index is -3.77. The summed E-state index contributed by atoms with van der Waals surface area (Å²) < 4.78 is 37.0. The number of methoxy groups -OCH3 is 1. The van der Waals surface area contributed by atoms with Gasteiger partial charge in [0, 0.05) is 44.6 Å². The molecule has 1 amide bonds. The van der Waals surface area contributed by atoms with E-state index in [2.05, 4.69) is 4.57 Å². The minimum absolute atomic E-state index is 0.0175. The Kier molecular flexibility index (Phi) is 9.88. The lowest BCUT2D eigenvalue weighted by Crippen LogP contribution is -2.39. The number of aromatic nitrogens is 1. The summed E-state index contributed by atoms with van der Waals surface area (Å²) in [6.45, 7) is 1.33. The van der Waals surface area contributed by atoms with E-state index < -0.39 is 21.6 Å². The average molecular weight is 641 g/mol. The fourth-order valence-electron chi connectivity index (χ4n) is 6.56. The maximum absolute atomic E-state index is 13.9. The summed E-state index contributed by atoms with van der Waals surface area (Å²) in [7, 11) is 1.01. The van der Waals surface area contributed by atoms with E-state index in [0.717, 1.165) is 70.7 Å². The quantitative estimate of drug-likeness (QED) is 0.248. The van der Waals surface area contributed by atoms with Gasteiger partial charge in [0.15, 0.2) is 0 Å². The fraction of sp³-hybridized carbons (Fsp3) is 0.515. The third kappa shape index (κ3) is 7.19. The van der Waals surface area contributed by atoms with Crippen LogP contribution in [0.1, 0.15) is 66.8 Å². The molecular weight excluding hydrogens is 596 g/mol. The Hall–Kier alpha value is -3.45. The molecule has 2 fully saturated rings. The fourth-order valence-corrected chi connectivity index (χ4v) is 6.89. The molecule has 2 aromatic carbocycles. The predicted molar refractivity (Wildman–Crippen MR) is 173 cm³/mol. The van der Waals surface area contributed by atoms with Crippen LogP contribution in [0.15, 0.2) is 42.5 Å². The van der Waals surface area contributed by atoms with Gasteiger partial charge < -0.3 is 24.0 Å². The number of nitrogens with zero attached hydrogens (tertiary/aromatic N) is 3. The third-order valence-electron chi connectivity index (χ3n) is 9.40. The summed E-state index contributed by atoms with van der Waals surface area (Å²) in [5.74, 6) is 0.128. The number of benzene rings is 2. The molecule has 2 aliphatic carbocycles. The van der Waals surface area contributed by atoms with Crippen molar-refractivity contribution in [1.82, 2.24) is 13.8 Å². The number of carbonyl (C=O) groups excluding carboxylic acids is 1. The van der Waals surface area contributed by atoms with E-state index in [1.807, 2.05) is 30.3 Å². The zero-order valence-electron chi connectivity index (χ0n) is 26.3. The van der Waals surface area contributed by atoms with E-state index in [0.29, 0.717) is 19.0 Å². The number of hydrogen-bond acceptors (Lipinski definition) is 6. The zero-order valence-corrected chi connectivity index (χ0v) is 27.1. The maximum atomic E-state index is 13.9. The van der Waals surface area contributed by atoms with E-state index in [4.69, 9.17) is 14.6 Å². The SMILES string of the molecule is COc1ccc(-c2c(C3CCCCC3)c3ccc(C(=O)O)cc3n2CC2(C(=O)N(C)CCOCCN(C)S(N)(=O)=O)CC2)cc1. The topological polar surface area (TPSA) is 144 Å². The molecular formula is C33H44N4O7S. The Morgan fingerprint density at radius 3 is 2.29 bits per heavy atom. The van der Waals surface area contributed by atoms with Gasteiger partial charge in [0.25, 0.3) is 10.2 Å². The maximum Gasteiger partial charge on any atom is 0.335 e. The van der Waals surface area contributed by atoms with Gasteiger partial charge in [-0.25, -0.2) is 9.93 Å². The summed E-state index contributed by atoms with van der Waals surface area (Å²) in [5.41, 5.74) is 3.74. The Bertz CT molecular complexity index is 1640. The van der Waals surface area contributed by atoms with Crippen molar-refractivity contribution >= 4 is 33.0 Å². The number of rotatable bonds is 14. The third-order valence-corrected chi connectivity index (χ3v) is 10.4. The highest BCUT2D eigenvalue weighted by molar-refractivity contribution is 7.86. The second kappa shape index (κ2) is 13.5. The molecule has 3 aromatic rings. The van der Waals surface area contributed by atoms with Crippen molar-refractivity contribution in [2.75, 3.05) is 47.5 Å². The van der Waals surface area contributed by atoms with Gasteiger partial charge >= 0.3 is 5.97 Å². The lowest BCUT2D eigenvalue weighted by molar-refractivity contribution is -0.136. The molecule has 1 heterocycles. The normalized spacial score (nSPS) is 16.6. The molecule has 1 aromatic heterocycles. The molecule has 0 saturated heterocycles. The van der Waals surface area contributed by atoms with E-state index in [1.165, 1.54) is 19.0 Å². The van der Waals surface area contributed by atoms with Gasteiger partial charge in [-0.2, -0.15) is 12.7 Å². The molecule has 11 nitrogen and oxygen atoms in total. The smallest absolute Gasteiger partial charge is 0.335 e. The molecule has 0 atom stereocenters. The Labute approximate surface area is 265 Å². The molecule has 2 aliphatic rings. The van der Waals surface area contributed by atoms with Crippen LogP contribution in [0, 0.1) is 5.41 Å². The van der Waals surface area contributed by atoms with E-state index in [9.17, 15) is 23.1 Å². The Morgan fingerprint density at radius 2 is 1.69 bits per heavy atom. The van der Waals surface area contributed by atoms with Crippen LogP contribution in [0.4, 0.5) is 0 Å². The highest BCUT2D eigenvalue weighted by atomic mass is 32.2. The monoisotopic (exact) mass is 640 g/mol. The lowest BCUT2D eigenvalue weighted by Gasteiger charge is -2.26. The number of aromatic carboxylic acids is 1. The molecule has 45 heavy (non-hydrogen) atoms. The van der Waals surface area contributed by atoms with Crippen LogP contribution in [0.25, 0.3) is 22.2 Å². The van der Waals surface area contributed by atoms with Crippen LogP contribution in [0.2, 0.25) is 0 Å². The highest BCUT2D eigenvalue weighted by Gasteiger charge is 2.52. The molecule has 0 spiro atoms. The molecule has 0 unspecified atom stereocenters. The molecule has 3 N–H and O–H groups in total. The van der Waals surface area contributed by atoms with Crippen molar-refractivity contribution in [3.8, 4) is 17.0 Å². The number of hydrogen-bond donors (Lipinski definition) is 2. The standard InChI is InChI=1S/C33H44N4O7S/c1-35(17-19-44-20-18-36(2)45(34,41)42)32(40)33(15-16-33)22-37-28-21-25(31(38)39)11-14-27(28)29(23-7-5-4-6-8-23)30(37)24-9-12-26(43-3)13-10-24/h9-14,21,23H,4-8,15-20,22H2,1-3H3,(H,38,39)(H2,34,41,42). The van der Waals surface area contributed by atoms with Crippen molar-refractivity contribution in [3.05, 3.63) is 53.6 Å². The molecule has 0 bridgehead atoms. The van der Waals surface area contributed by atoms with Gasteiger partial charge in [0.05, 0.1) is 37.0 Å². The summed E-state index contributed by atoms with van der Waals surface area (Å²) in [5, 5.41) is 16.1. The molecule has 12 heteroatoms. The largest absolute Gasteiger partial charge is 0.497 e. The van der Waals surface area contributed by atoms with Crippen molar-refractivity contribution in [3.63, 3.8) is 0 Å². The van der Waals surface area contributed by atoms with Gasteiger partial charge in [-0.3, -0.25) is 4.79 Å². The van der Waals surface area contributed by atoms with Gasteiger partial charge in [-0.1, -0.05) is 25.3 Å². The van der Waals surface area contributed by atoms with E-state index in [1.54, 1.807) is 31.2 Å². The Morgan fingerprint density at radius 1 is 1.02 bits per heavy atom. The summed E-state index contributed by atoms with van der Waals surface area (Å²) in [6.07, 6.45) is 7.13. The first-order valence-corrected chi connectivity index (χ1v) is 17.1. The number of amides is 1. The van der Waals surface area contributed by atoms with E-state index >= 15 is 0 Å².